The molecule has 0 unspecified atom stereocenters. The van der Waals surface area contributed by atoms with Crippen molar-refractivity contribution in [2.45, 2.75) is 50.0 Å². The summed E-state index contributed by atoms with van der Waals surface area (Å²) in [5, 5.41) is 7.63. The first-order valence-corrected chi connectivity index (χ1v) is 16.1. The molecule has 1 aliphatic carbocycles. The molecule has 2 aliphatic rings. The van der Waals surface area contributed by atoms with Crippen LogP contribution in [0.3, 0.4) is 0 Å². The predicted molar refractivity (Wildman–Crippen MR) is 156 cm³/mol. The second kappa shape index (κ2) is 11.2. The van der Waals surface area contributed by atoms with Crippen molar-refractivity contribution in [1.82, 2.24) is 20.8 Å². The van der Waals surface area contributed by atoms with Crippen LogP contribution in [0, 0.1) is 0 Å². The Kier molecular flexibility index (Phi) is 7.96. The van der Waals surface area contributed by atoms with E-state index in [0.717, 1.165) is 36.1 Å². The van der Waals surface area contributed by atoms with E-state index in [9.17, 15) is 4.57 Å². The van der Waals surface area contributed by atoms with Gasteiger partial charge in [0.05, 0.1) is 24.7 Å². The zero-order valence-electron chi connectivity index (χ0n) is 22.2. The number of ether oxygens (including phenoxy) is 1. The highest BCUT2D eigenvalue weighted by molar-refractivity contribution is 7.70. The fraction of sp³-hybridized carbons (Fsp3) is 0.429. The second-order valence-electron chi connectivity index (χ2n) is 10.7. The van der Waals surface area contributed by atoms with Crippen molar-refractivity contribution in [3.63, 3.8) is 0 Å². The molecule has 10 heteroatoms. The number of aromatic nitrogens is 2. The number of anilines is 4. The lowest BCUT2D eigenvalue weighted by atomic mass is 9.72. The standard InChI is InChI=1S/C28H36ClN6O2P/c1-37-24-17-20(19-11-14-28(15-12-19)13-6-16-31-35-28)9-10-22(24)33-27-30-18-21(29)26(34-27)32-23-7-4-5-8-25(23)38(2,3)36/h4-5,7-10,17-19,31,35H,6,11-16H2,1-3H3,(H2,30,32,33,34). The Bertz CT molecular complexity index is 1330. The van der Waals surface area contributed by atoms with Crippen LogP contribution in [0.2, 0.25) is 5.02 Å². The first-order valence-electron chi connectivity index (χ1n) is 13.2. The van der Waals surface area contributed by atoms with Crippen molar-refractivity contribution in [2.24, 2.45) is 0 Å². The topological polar surface area (TPSA) is 100 Å². The SMILES string of the molecule is COc1cc(C2CCC3(CCCNN3)CC2)ccc1Nc1ncc(Cl)c(Nc2ccccc2P(C)(C)=O)n1. The van der Waals surface area contributed by atoms with Gasteiger partial charge in [0.25, 0.3) is 0 Å². The lowest BCUT2D eigenvalue weighted by molar-refractivity contribution is 0.146. The summed E-state index contributed by atoms with van der Waals surface area (Å²) in [7, 11) is -0.821. The quantitative estimate of drug-likeness (QED) is 0.258. The number of nitrogens with zero attached hydrogens (tertiary/aromatic N) is 2. The van der Waals surface area contributed by atoms with E-state index >= 15 is 0 Å². The van der Waals surface area contributed by atoms with E-state index in [1.165, 1.54) is 31.2 Å². The van der Waals surface area contributed by atoms with Gasteiger partial charge in [-0.25, -0.2) is 4.98 Å². The van der Waals surface area contributed by atoms with E-state index in [1.54, 1.807) is 26.6 Å². The summed E-state index contributed by atoms with van der Waals surface area (Å²) in [5.41, 5.74) is 9.98. The number of hydrazine groups is 1. The summed E-state index contributed by atoms with van der Waals surface area (Å²) in [4.78, 5) is 8.96. The minimum absolute atomic E-state index is 0.254. The average Bonchev–Trinajstić information content (AvgIpc) is 2.91. The molecule has 0 bridgehead atoms. The van der Waals surface area contributed by atoms with Gasteiger partial charge in [0.2, 0.25) is 5.95 Å². The third-order valence-electron chi connectivity index (χ3n) is 7.68. The third kappa shape index (κ3) is 5.99. The lowest BCUT2D eigenvalue weighted by Crippen LogP contribution is -2.57. The summed E-state index contributed by atoms with van der Waals surface area (Å²) >= 11 is 6.42. The minimum atomic E-state index is -2.50. The monoisotopic (exact) mass is 554 g/mol. The van der Waals surface area contributed by atoms with Crippen molar-refractivity contribution in [1.29, 1.82) is 0 Å². The molecule has 2 aromatic carbocycles. The van der Waals surface area contributed by atoms with Crippen molar-refractivity contribution >= 4 is 47.2 Å². The number of nitrogens with one attached hydrogen (secondary N) is 4. The Morgan fingerprint density at radius 2 is 1.87 bits per heavy atom. The molecule has 2 fully saturated rings. The number of benzene rings is 2. The fourth-order valence-corrected chi connectivity index (χ4v) is 6.88. The average molecular weight is 555 g/mol. The van der Waals surface area contributed by atoms with E-state index in [-0.39, 0.29) is 5.54 Å². The maximum Gasteiger partial charge on any atom is 0.229 e. The Labute approximate surface area is 229 Å². The molecule has 1 spiro atoms. The molecule has 1 aliphatic heterocycles. The first kappa shape index (κ1) is 26.9. The van der Waals surface area contributed by atoms with Gasteiger partial charge in [-0.1, -0.05) is 29.8 Å². The van der Waals surface area contributed by atoms with Gasteiger partial charge in [0, 0.05) is 17.4 Å². The van der Waals surface area contributed by atoms with Crippen molar-refractivity contribution in [2.75, 3.05) is 37.6 Å². The van der Waals surface area contributed by atoms with Crippen LogP contribution >= 0.6 is 18.7 Å². The number of hydrogen-bond donors (Lipinski definition) is 4. The molecule has 4 N–H and O–H groups in total. The molecular formula is C28H36ClN6O2P. The summed E-state index contributed by atoms with van der Waals surface area (Å²) in [5.74, 6) is 2.08. The van der Waals surface area contributed by atoms with Crippen LogP contribution in [0.1, 0.15) is 50.0 Å². The first-order chi connectivity index (χ1) is 18.3. The van der Waals surface area contributed by atoms with Crippen LogP contribution in [-0.4, -0.2) is 42.5 Å². The van der Waals surface area contributed by atoms with Gasteiger partial charge in [-0.15, -0.1) is 0 Å². The smallest absolute Gasteiger partial charge is 0.229 e. The molecule has 1 saturated carbocycles. The molecule has 8 nitrogen and oxygen atoms in total. The normalized spacial score (nSPS) is 21.7. The van der Waals surface area contributed by atoms with E-state index in [2.05, 4.69) is 43.6 Å². The number of hydrogen-bond acceptors (Lipinski definition) is 8. The molecule has 1 aromatic heterocycles. The Hall–Kier alpha value is -2.64. The van der Waals surface area contributed by atoms with Crippen LogP contribution in [-0.2, 0) is 4.57 Å². The number of halogens is 1. The zero-order valence-corrected chi connectivity index (χ0v) is 23.8. The maximum atomic E-state index is 12.8. The number of para-hydroxylation sites is 1. The summed E-state index contributed by atoms with van der Waals surface area (Å²) < 4.78 is 18.5. The Balaban J connectivity index is 1.32. The largest absolute Gasteiger partial charge is 0.495 e. The third-order valence-corrected chi connectivity index (χ3v) is 9.51. The van der Waals surface area contributed by atoms with Gasteiger partial charge >= 0.3 is 0 Å². The fourth-order valence-electron chi connectivity index (χ4n) is 5.58. The highest BCUT2D eigenvalue weighted by Crippen LogP contribution is 2.43. The van der Waals surface area contributed by atoms with E-state index in [0.29, 0.717) is 28.4 Å². The lowest BCUT2D eigenvalue weighted by Gasteiger charge is -2.44. The maximum absolute atomic E-state index is 12.8. The van der Waals surface area contributed by atoms with E-state index in [1.807, 2.05) is 30.3 Å². The van der Waals surface area contributed by atoms with Crippen molar-refractivity contribution in [3.8, 4) is 5.75 Å². The molecule has 38 heavy (non-hydrogen) atoms. The molecule has 3 aromatic rings. The van der Waals surface area contributed by atoms with Gasteiger partial charge < -0.3 is 19.9 Å². The number of rotatable bonds is 7. The van der Waals surface area contributed by atoms with Gasteiger partial charge in [-0.2, -0.15) is 4.98 Å². The van der Waals surface area contributed by atoms with E-state index < -0.39 is 7.14 Å². The summed E-state index contributed by atoms with van der Waals surface area (Å²) in [6.45, 7) is 4.54. The molecule has 202 valence electrons. The predicted octanol–water partition coefficient (Wildman–Crippen LogP) is 6.16. The van der Waals surface area contributed by atoms with Crippen LogP contribution in [0.25, 0.3) is 0 Å². The van der Waals surface area contributed by atoms with Crippen LogP contribution in [0.5, 0.6) is 5.75 Å². The Morgan fingerprint density at radius 3 is 2.58 bits per heavy atom. The Morgan fingerprint density at radius 1 is 1.08 bits per heavy atom. The summed E-state index contributed by atoms with van der Waals surface area (Å²) in [6.07, 6.45) is 8.70. The van der Waals surface area contributed by atoms with Crippen LogP contribution < -0.4 is 31.5 Å². The van der Waals surface area contributed by atoms with Gasteiger partial charge in [0.15, 0.2) is 5.82 Å². The van der Waals surface area contributed by atoms with Crippen LogP contribution in [0.15, 0.2) is 48.7 Å². The van der Waals surface area contributed by atoms with Gasteiger partial charge in [-0.3, -0.25) is 10.9 Å². The zero-order chi connectivity index (χ0) is 26.8. The molecule has 2 heterocycles. The molecule has 5 rings (SSSR count). The van der Waals surface area contributed by atoms with Crippen molar-refractivity contribution < 1.29 is 9.30 Å². The molecule has 0 atom stereocenters. The number of methoxy groups -OCH3 is 1. The van der Waals surface area contributed by atoms with E-state index in [4.69, 9.17) is 16.3 Å². The van der Waals surface area contributed by atoms with Crippen LogP contribution in [0.4, 0.5) is 23.1 Å². The highest BCUT2D eigenvalue weighted by Gasteiger charge is 2.36. The molecule has 0 amide bonds. The minimum Gasteiger partial charge on any atom is -0.495 e. The molecule has 0 radical (unpaired) electrons. The molecule has 1 saturated heterocycles. The second-order valence-corrected chi connectivity index (χ2v) is 14.3. The summed E-state index contributed by atoms with van der Waals surface area (Å²) in [6, 6.07) is 13.8. The van der Waals surface area contributed by atoms with Gasteiger partial charge in [0.1, 0.15) is 17.9 Å². The highest BCUT2D eigenvalue weighted by atomic mass is 35.5. The van der Waals surface area contributed by atoms with Crippen molar-refractivity contribution in [3.05, 3.63) is 59.2 Å². The molecular weight excluding hydrogens is 519 g/mol. The van der Waals surface area contributed by atoms with Gasteiger partial charge in [-0.05, 0) is 87.6 Å².